The quantitative estimate of drug-likeness (QED) is 0.267. The minimum Gasteiger partial charge on any atom is -0.463 e. The van der Waals surface area contributed by atoms with Gasteiger partial charge in [0.25, 0.3) is 5.79 Å². The SMILES string of the molecule is C1=NCCN1c1c(-c2ncc[nH]2)nc2c(c1N1CCNC1)N(c1cnon1)C(c1ccco1)(n1ncc3ccccc31)N2. The molecule has 0 radical (unpaired) electrons. The summed E-state index contributed by atoms with van der Waals surface area (Å²) in [5.74, 6) is 0.969. The minimum atomic E-state index is -1.28. The van der Waals surface area contributed by atoms with E-state index in [1.54, 1.807) is 24.9 Å². The van der Waals surface area contributed by atoms with Crippen LogP contribution in [-0.4, -0.2) is 74.2 Å². The predicted molar refractivity (Wildman–Crippen MR) is 158 cm³/mol. The highest BCUT2D eigenvalue weighted by Gasteiger charge is 2.56. The number of nitrogens with zero attached hydrogens (tertiary/aromatic N) is 10. The maximum absolute atomic E-state index is 6.20. The topological polar surface area (TPSA) is 158 Å². The van der Waals surface area contributed by atoms with Crippen molar-refractivity contribution in [2.45, 2.75) is 5.79 Å². The zero-order valence-electron chi connectivity index (χ0n) is 22.8. The molecule has 0 spiro atoms. The van der Waals surface area contributed by atoms with Crippen molar-refractivity contribution in [2.75, 3.05) is 52.9 Å². The van der Waals surface area contributed by atoms with Crippen LogP contribution >= 0.6 is 0 Å². The molecule has 8 heterocycles. The fraction of sp³-hybridized carbons (Fsp3) is 0.214. The van der Waals surface area contributed by atoms with Crippen LogP contribution < -0.4 is 25.3 Å². The van der Waals surface area contributed by atoms with E-state index in [0.29, 0.717) is 48.7 Å². The molecule has 1 unspecified atom stereocenters. The van der Waals surface area contributed by atoms with Gasteiger partial charge in [-0.25, -0.2) is 19.3 Å². The highest BCUT2D eigenvalue weighted by Crippen LogP contribution is 2.57. The summed E-state index contributed by atoms with van der Waals surface area (Å²) in [5.41, 5.74) is 4.13. The maximum atomic E-state index is 6.20. The molecule has 6 aromatic rings. The molecule has 9 rings (SSSR count). The molecule has 1 atom stereocenters. The Morgan fingerprint density at radius 2 is 1.98 bits per heavy atom. The molecule has 1 fully saturated rings. The number of rotatable bonds is 6. The summed E-state index contributed by atoms with van der Waals surface area (Å²) in [6, 6.07) is 11.8. The standard InChI is InChI=1S/C28H25N13O2/c1-2-5-19-18(4-1)14-33-41(19)28(20-6-3-13-42-20)36-27-25(40(28)21-15-34-43-37-21)24(39-12-10-30-17-39)23(38-11-9-29-16-38)22(35-27)26-31-7-8-32-26/h1-8,13-16,30H,9-12,17H2,(H,31,32)(H,35,36). The number of furan rings is 1. The van der Waals surface area contributed by atoms with Gasteiger partial charge in [0.1, 0.15) is 17.6 Å². The number of aromatic amines is 1. The highest BCUT2D eigenvalue weighted by atomic mass is 16.6. The number of aromatic nitrogens is 7. The molecule has 5 aromatic heterocycles. The third kappa shape index (κ3) is 3.39. The molecule has 0 bridgehead atoms. The molecule has 3 N–H and O–H groups in total. The van der Waals surface area contributed by atoms with E-state index in [0.717, 1.165) is 41.1 Å². The van der Waals surface area contributed by atoms with Crippen LogP contribution in [0.1, 0.15) is 5.76 Å². The minimum absolute atomic E-state index is 0.448. The van der Waals surface area contributed by atoms with Crippen LogP contribution in [0.2, 0.25) is 0 Å². The van der Waals surface area contributed by atoms with E-state index in [2.05, 4.69) is 45.7 Å². The normalized spacial score (nSPS) is 19.6. The van der Waals surface area contributed by atoms with Crippen molar-refractivity contribution < 1.29 is 9.05 Å². The van der Waals surface area contributed by atoms with E-state index >= 15 is 0 Å². The fourth-order valence-electron chi connectivity index (χ4n) is 6.28. The van der Waals surface area contributed by atoms with Crippen LogP contribution in [0.15, 0.2) is 81.5 Å². The third-order valence-corrected chi connectivity index (χ3v) is 8.07. The second kappa shape index (κ2) is 9.15. The number of nitrogens with one attached hydrogen (secondary N) is 3. The first kappa shape index (κ1) is 24.0. The molecule has 0 aliphatic carbocycles. The van der Waals surface area contributed by atoms with Crippen LogP contribution in [0.4, 0.5) is 28.7 Å². The summed E-state index contributed by atoms with van der Waals surface area (Å²) < 4.78 is 13.3. The number of anilines is 5. The van der Waals surface area contributed by atoms with E-state index in [1.165, 1.54) is 0 Å². The van der Waals surface area contributed by atoms with Crippen molar-refractivity contribution in [1.82, 2.24) is 40.4 Å². The number of imidazole rings is 1. The molecule has 3 aliphatic rings. The number of pyridine rings is 1. The first-order valence-corrected chi connectivity index (χ1v) is 14.0. The monoisotopic (exact) mass is 575 g/mol. The van der Waals surface area contributed by atoms with E-state index in [1.807, 2.05) is 58.5 Å². The molecule has 15 heteroatoms. The van der Waals surface area contributed by atoms with E-state index in [-0.39, 0.29) is 0 Å². The van der Waals surface area contributed by atoms with Crippen LogP contribution in [0, 0.1) is 0 Å². The number of fused-ring (bicyclic) bond motifs is 2. The summed E-state index contributed by atoms with van der Waals surface area (Å²) in [4.78, 5) is 24.2. The van der Waals surface area contributed by atoms with E-state index < -0.39 is 5.79 Å². The van der Waals surface area contributed by atoms with Gasteiger partial charge < -0.3 is 24.5 Å². The summed E-state index contributed by atoms with van der Waals surface area (Å²) in [5, 5.41) is 21.5. The summed E-state index contributed by atoms with van der Waals surface area (Å²) in [6.45, 7) is 3.61. The van der Waals surface area contributed by atoms with Crippen molar-refractivity contribution in [3.8, 4) is 11.5 Å². The number of benzene rings is 1. The first-order valence-electron chi connectivity index (χ1n) is 14.0. The highest BCUT2D eigenvalue weighted by molar-refractivity contribution is 6.05. The van der Waals surface area contributed by atoms with Crippen molar-refractivity contribution in [3.63, 3.8) is 0 Å². The summed E-state index contributed by atoms with van der Waals surface area (Å²) in [7, 11) is 0. The fourth-order valence-corrected chi connectivity index (χ4v) is 6.28. The van der Waals surface area contributed by atoms with E-state index in [9.17, 15) is 0 Å². The van der Waals surface area contributed by atoms with Crippen molar-refractivity contribution in [3.05, 3.63) is 73.2 Å². The number of aliphatic imine (C=N–C) groups is 1. The van der Waals surface area contributed by atoms with Gasteiger partial charge in [0, 0.05) is 37.4 Å². The van der Waals surface area contributed by atoms with Gasteiger partial charge >= 0.3 is 0 Å². The largest absolute Gasteiger partial charge is 0.463 e. The zero-order chi connectivity index (χ0) is 28.4. The van der Waals surface area contributed by atoms with Crippen LogP contribution in [-0.2, 0) is 5.79 Å². The molecule has 214 valence electrons. The van der Waals surface area contributed by atoms with Crippen LogP contribution in [0.5, 0.6) is 0 Å². The zero-order valence-corrected chi connectivity index (χ0v) is 22.8. The lowest BCUT2D eigenvalue weighted by molar-refractivity contribution is 0.295. The Morgan fingerprint density at radius 3 is 2.74 bits per heavy atom. The summed E-state index contributed by atoms with van der Waals surface area (Å²) >= 11 is 0. The lowest BCUT2D eigenvalue weighted by atomic mass is 10.1. The molecule has 0 amide bonds. The van der Waals surface area contributed by atoms with Crippen molar-refractivity contribution in [1.29, 1.82) is 0 Å². The molecular formula is C28H25N13O2. The van der Waals surface area contributed by atoms with Crippen molar-refractivity contribution in [2.24, 2.45) is 4.99 Å². The Morgan fingerprint density at radius 1 is 1.00 bits per heavy atom. The molecule has 43 heavy (non-hydrogen) atoms. The van der Waals surface area contributed by atoms with Gasteiger partial charge in [-0.2, -0.15) is 5.10 Å². The summed E-state index contributed by atoms with van der Waals surface area (Å²) in [6.07, 6.45) is 10.5. The number of hydrogen-bond acceptors (Lipinski definition) is 13. The Kier molecular flexibility index (Phi) is 5.10. The molecule has 1 aromatic carbocycles. The Hall–Kier alpha value is -5.70. The van der Waals surface area contributed by atoms with Gasteiger partial charge in [0.2, 0.25) is 5.82 Å². The molecule has 1 saturated heterocycles. The maximum Gasteiger partial charge on any atom is 0.277 e. The van der Waals surface area contributed by atoms with Crippen LogP contribution in [0.25, 0.3) is 22.4 Å². The second-order valence-electron chi connectivity index (χ2n) is 10.4. The Balaban J connectivity index is 1.41. The number of H-pyrrole nitrogens is 1. The average Bonchev–Trinajstić information content (AvgIpc) is 3.88. The van der Waals surface area contributed by atoms with Gasteiger partial charge in [0.05, 0.1) is 48.9 Å². The lowest BCUT2D eigenvalue weighted by Gasteiger charge is -2.38. The Labute approximate surface area is 243 Å². The van der Waals surface area contributed by atoms with Gasteiger partial charge in [-0.1, -0.05) is 23.4 Å². The lowest BCUT2D eigenvalue weighted by Crippen LogP contribution is -2.52. The average molecular weight is 576 g/mol. The first-order chi connectivity index (χ1) is 21.3. The smallest absolute Gasteiger partial charge is 0.277 e. The van der Waals surface area contributed by atoms with E-state index in [4.69, 9.17) is 19.1 Å². The second-order valence-corrected chi connectivity index (χ2v) is 10.4. The molecular weight excluding hydrogens is 550 g/mol. The van der Waals surface area contributed by atoms with Gasteiger partial charge in [-0.15, -0.1) is 0 Å². The molecule has 0 saturated carbocycles. The predicted octanol–water partition coefficient (Wildman–Crippen LogP) is 2.94. The third-order valence-electron chi connectivity index (χ3n) is 8.07. The van der Waals surface area contributed by atoms with Gasteiger partial charge in [0.15, 0.2) is 17.4 Å². The van der Waals surface area contributed by atoms with Gasteiger partial charge in [-0.05, 0) is 23.4 Å². The molecule has 3 aliphatic heterocycles. The van der Waals surface area contributed by atoms with Crippen LogP contribution in [0.3, 0.4) is 0 Å². The van der Waals surface area contributed by atoms with Crippen molar-refractivity contribution >= 4 is 45.9 Å². The molecule has 15 nitrogen and oxygen atoms in total. The number of hydrogen-bond donors (Lipinski definition) is 3. The number of para-hydroxylation sites is 1. The van der Waals surface area contributed by atoms with Gasteiger partial charge in [-0.3, -0.25) is 15.2 Å². The Bertz CT molecular complexity index is 1940.